The van der Waals surface area contributed by atoms with Crippen LogP contribution < -0.4 is 9.64 Å². The molecule has 1 amide bonds. The highest BCUT2D eigenvalue weighted by Gasteiger charge is 2.33. The molecule has 0 aliphatic carbocycles. The lowest BCUT2D eigenvalue weighted by atomic mass is 10.1. The fraction of sp³-hybridized carbons (Fsp3) is 0.118. The van der Waals surface area contributed by atoms with Crippen LogP contribution in [-0.2, 0) is 0 Å². The monoisotopic (exact) mass is 281 g/mol. The van der Waals surface area contributed by atoms with E-state index in [1.54, 1.807) is 49.4 Å². The number of fused-ring (bicyclic) bond motifs is 1. The van der Waals surface area contributed by atoms with Crippen molar-refractivity contribution in [3.8, 4) is 11.5 Å². The Morgan fingerprint density at radius 2 is 2.05 bits per heavy atom. The zero-order valence-corrected chi connectivity index (χ0v) is 11.6. The molecule has 21 heavy (non-hydrogen) atoms. The maximum absolute atomic E-state index is 12.6. The van der Waals surface area contributed by atoms with Gasteiger partial charge in [0.2, 0.25) is 0 Å². The fourth-order valence-electron chi connectivity index (χ4n) is 2.45. The summed E-state index contributed by atoms with van der Waals surface area (Å²) in [5.74, 6) is 0.398. The summed E-state index contributed by atoms with van der Waals surface area (Å²) in [6.07, 6.45) is 1.14. The molecule has 4 nitrogen and oxygen atoms in total. The van der Waals surface area contributed by atoms with Gasteiger partial charge in [0.15, 0.2) is 6.23 Å². The number of phenolic OH excluding ortho intramolecular Hbond substituents is 1. The van der Waals surface area contributed by atoms with Crippen LogP contribution in [0.2, 0.25) is 0 Å². The Bertz CT molecular complexity index is 724. The first-order chi connectivity index (χ1) is 10.1. The van der Waals surface area contributed by atoms with E-state index in [-0.39, 0.29) is 11.7 Å². The number of nitrogens with zero attached hydrogens (tertiary/aromatic N) is 1. The molecule has 1 atom stereocenters. The SMILES string of the molecule is C=Cc1ccc(N2C(=O)c3ccccc3OC2C)c(O)c1. The molecule has 0 bridgehead atoms. The van der Waals surface area contributed by atoms with Crippen molar-refractivity contribution in [1.29, 1.82) is 0 Å². The van der Waals surface area contributed by atoms with Gasteiger partial charge >= 0.3 is 0 Å². The molecule has 1 aliphatic heterocycles. The molecule has 1 unspecified atom stereocenters. The molecule has 1 aliphatic rings. The minimum absolute atomic E-state index is 0.0237. The molecule has 4 heteroatoms. The summed E-state index contributed by atoms with van der Waals surface area (Å²) in [6.45, 7) is 5.43. The minimum Gasteiger partial charge on any atom is -0.506 e. The van der Waals surface area contributed by atoms with Gasteiger partial charge in [0.25, 0.3) is 5.91 Å². The standard InChI is InChI=1S/C17H15NO3/c1-3-12-8-9-14(15(19)10-12)18-11(2)21-16-7-5-4-6-13(16)17(18)20/h3-11,19H,1H2,2H3. The van der Waals surface area contributed by atoms with Crippen LogP contribution in [0, 0.1) is 0 Å². The highest BCUT2D eigenvalue weighted by molar-refractivity contribution is 6.09. The summed E-state index contributed by atoms with van der Waals surface area (Å²) in [5.41, 5.74) is 1.70. The Kier molecular flexibility index (Phi) is 3.14. The molecule has 0 aromatic heterocycles. The van der Waals surface area contributed by atoms with E-state index in [0.717, 1.165) is 5.56 Å². The molecule has 0 radical (unpaired) electrons. The Balaban J connectivity index is 2.07. The zero-order valence-electron chi connectivity index (χ0n) is 11.6. The molecule has 0 saturated carbocycles. The highest BCUT2D eigenvalue weighted by Crippen LogP contribution is 2.36. The zero-order chi connectivity index (χ0) is 15.0. The number of phenols is 1. The Morgan fingerprint density at radius 3 is 2.76 bits per heavy atom. The van der Waals surface area contributed by atoms with Crippen molar-refractivity contribution in [3.05, 3.63) is 60.2 Å². The van der Waals surface area contributed by atoms with Gasteiger partial charge in [0, 0.05) is 0 Å². The van der Waals surface area contributed by atoms with Crippen molar-refractivity contribution in [3.63, 3.8) is 0 Å². The number of rotatable bonds is 2. The lowest BCUT2D eigenvalue weighted by Gasteiger charge is -2.34. The van der Waals surface area contributed by atoms with Gasteiger partial charge in [-0.25, -0.2) is 0 Å². The molecule has 2 aromatic carbocycles. The number of amides is 1. The van der Waals surface area contributed by atoms with Crippen molar-refractivity contribution in [1.82, 2.24) is 0 Å². The average Bonchev–Trinajstić information content (AvgIpc) is 2.48. The van der Waals surface area contributed by atoms with Gasteiger partial charge in [0.05, 0.1) is 11.3 Å². The number of anilines is 1. The van der Waals surface area contributed by atoms with Gasteiger partial charge in [-0.15, -0.1) is 0 Å². The van der Waals surface area contributed by atoms with Crippen LogP contribution in [0.4, 0.5) is 5.69 Å². The topological polar surface area (TPSA) is 49.8 Å². The van der Waals surface area contributed by atoms with Crippen LogP contribution in [-0.4, -0.2) is 17.2 Å². The molecule has 0 fully saturated rings. The lowest BCUT2D eigenvalue weighted by Crippen LogP contribution is -2.45. The maximum Gasteiger partial charge on any atom is 0.265 e. The van der Waals surface area contributed by atoms with Gasteiger partial charge < -0.3 is 9.84 Å². The van der Waals surface area contributed by atoms with E-state index in [4.69, 9.17) is 4.74 Å². The van der Waals surface area contributed by atoms with Crippen molar-refractivity contribution in [2.24, 2.45) is 0 Å². The third-order valence-electron chi connectivity index (χ3n) is 3.49. The molecule has 106 valence electrons. The number of benzene rings is 2. The van der Waals surface area contributed by atoms with E-state index in [0.29, 0.717) is 17.0 Å². The average molecular weight is 281 g/mol. The van der Waals surface area contributed by atoms with Crippen LogP contribution in [0.25, 0.3) is 6.08 Å². The predicted molar refractivity (Wildman–Crippen MR) is 81.5 cm³/mol. The summed E-state index contributed by atoms with van der Waals surface area (Å²) >= 11 is 0. The van der Waals surface area contributed by atoms with Crippen LogP contribution >= 0.6 is 0 Å². The number of para-hydroxylation sites is 1. The van der Waals surface area contributed by atoms with Crippen LogP contribution in [0.3, 0.4) is 0 Å². The number of carbonyl (C=O) groups is 1. The first-order valence-electron chi connectivity index (χ1n) is 6.66. The summed E-state index contributed by atoms with van der Waals surface area (Å²) < 4.78 is 5.75. The smallest absolute Gasteiger partial charge is 0.265 e. The number of hydrogen-bond donors (Lipinski definition) is 1. The lowest BCUT2D eigenvalue weighted by molar-refractivity contribution is 0.0875. The maximum atomic E-state index is 12.6. The number of ether oxygens (including phenoxy) is 1. The van der Waals surface area contributed by atoms with E-state index in [9.17, 15) is 9.90 Å². The highest BCUT2D eigenvalue weighted by atomic mass is 16.5. The minimum atomic E-state index is -0.493. The second-order valence-electron chi connectivity index (χ2n) is 4.84. The number of hydrogen-bond acceptors (Lipinski definition) is 3. The molecule has 3 rings (SSSR count). The van der Waals surface area contributed by atoms with Crippen LogP contribution in [0.1, 0.15) is 22.8 Å². The predicted octanol–water partition coefficient (Wildman–Crippen LogP) is 3.42. The van der Waals surface area contributed by atoms with E-state index in [1.165, 1.54) is 4.90 Å². The van der Waals surface area contributed by atoms with Crippen molar-refractivity contribution < 1.29 is 14.6 Å². The molecule has 1 heterocycles. The van der Waals surface area contributed by atoms with E-state index in [2.05, 4.69) is 6.58 Å². The van der Waals surface area contributed by atoms with E-state index in [1.807, 2.05) is 6.07 Å². The molecular formula is C17H15NO3. The molecule has 0 spiro atoms. The summed E-state index contributed by atoms with van der Waals surface area (Å²) in [5, 5.41) is 10.2. The van der Waals surface area contributed by atoms with Gasteiger partial charge in [-0.1, -0.05) is 30.9 Å². The number of carbonyl (C=O) groups excluding carboxylic acids is 1. The summed E-state index contributed by atoms with van der Waals surface area (Å²) in [7, 11) is 0. The molecule has 0 saturated heterocycles. The first-order valence-corrected chi connectivity index (χ1v) is 6.66. The van der Waals surface area contributed by atoms with Gasteiger partial charge in [-0.2, -0.15) is 0 Å². The quantitative estimate of drug-likeness (QED) is 0.917. The van der Waals surface area contributed by atoms with Crippen molar-refractivity contribution in [2.75, 3.05) is 4.90 Å². The molecule has 1 N–H and O–H groups in total. The van der Waals surface area contributed by atoms with Crippen LogP contribution in [0.5, 0.6) is 11.5 Å². The third-order valence-corrected chi connectivity index (χ3v) is 3.49. The first kappa shape index (κ1) is 13.2. The Labute approximate surface area is 122 Å². The van der Waals surface area contributed by atoms with Gasteiger partial charge in [-0.3, -0.25) is 9.69 Å². The van der Waals surface area contributed by atoms with E-state index < -0.39 is 6.23 Å². The molecular weight excluding hydrogens is 266 g/mol. The Morgan fingerprint density at radius 1 is 1.29 bits per heavy atom. The second-order valence-corrected chi connectivity index (χ2v) is 4.84. The third kappa shape index (κ3) is 2.14. The van der Waals surface area contributed by atoms with Gasteiger partial charge in [-0.05, 0) is 36.8 Å². The van der Waals surface area contributed by atoms with Gasteiger partial charge in [0.1, 0.15) is 11.5 Å². The fourth-order valence-corrected chi connectivity index (χ4v) is 2.45. The van der Waals surface area contributed by atoms with Crippen molar-refractivity contribution >= 4 is 17.7 Å². The van der Waals surface area contributed by atoms with Crippen LogP contribution in [0.15, 0.2) is 49.0 Å². The summed E-state index contributed by atoms with van der Waals surface area (Å²) in [6, 6.07) is 12.1. The molecule has 2 aromatic rings. The number of aromatic hydroxyl groups is 1. The van der Waals surface area contributed by atoms with Crippen molar-refractivity contribution in [2.45, 2.75) is 13.2 Å². The summed E-state index contributed by atoms with van der Waals surface area (Å²) in [4.78, 5) is 14.1. The second kappa shape index (κ2) is 4.98. The van der Waals surface area contributed by atoms with E-state index >= 15 is 0 Å². The largest absolute Gasteiger partial charge is 0.506 e. The normalized spacial score (nSPS) is 17.1. The Hall–Kier alpha value is -2.75.